The molecule has 3 heteroatoms. The zero-order valence-electron chi connectivity index (χ0n) is 7.91. The molecule has 0 aromatic rings. The highest BCUT2D eigenvalue weighted by Gasteiger charge is 2.17. The molecule has 0 spiro atoms. The lowest BCUT2D eigenvalue weighted by atomic mass is 10.2. The van der Waals surface area contributed by atoms with E-state index in [4.69, 9.17) is 14.2 Å². The van der Waals surface area contributed by atoms with Crippen LogP contribution in [0.15, 0.2) is 0 Å². The van der Waals surface area contributed by atoms with Crippen LogP contribution in [0, 0.1) is 5.92 Å². The molecule has 3 nitrogen and oxygen atoms in total. The fraction of sp³-hybridized carbons (Fsp3) is 1.00. The van der Waals surface area contributed by atoms with E-state index in [2.05, 4.69) is 13.8 Å². The summed E-state index contributed by atoms with van der Waals surface area (Å²) in [6, 6.07) is 0. The number of hydrogen-bond donors (Lipinski definition) is 0. The minimum absolute atomic E-state index is 0.0487. The lowest BCUT2D eigenvalue weighted by molar-refractivity contribution is -0.219. The van der Waals surface area contributed by atoms with Crippen LogP contribution in [0.1, 0.15) is 20.3 Å². The van der Waals surface area contributed by atoms with E-state index in [0.29, 0.717) is 19.1 Å². The van der Waals surface area contributed by atoms with Crippen molar-refractivity contribution in [1.29, 1.82) is 0 Å². The van der Waals surface area contributed by atoms with Gasteiger partial charge in [0.05, 0.1) is 19.8 Å². The predicted octanol–water partition coefficient (Wildman–Crippen LogP) is 1.42. The second-order valence-electron chi connectivity index (χ2n) is 3.43. The highest BCUT2D eigenvalue weighted by atomic mass is 16.7. The van der Waals surface area contributed by atoms with Gasteiger partial charge in [-0.15, -0.1) is 0 Å². The van der Waals surface area contributed by atoms with Crippen molar-refractivity contribution in [1.82, 2.24) is 0 Å². The molecule has 0 saturated carbocycles. The molecule has 12 heavy (non-hydrogen) atoms. The Morgan fingerprint density at radius 2 is 2.17 bits per heavy atom. The molecule has 0 aliphatic carbocycles. The summed E-state index contributed by atoms with van der Waals surface area (Å²) in [5.74, 6) is 0.602. The summed E-state index contributed by atoms with van der Waals surface area (Å²) in [7, 11) is 0. The molecule has 1 atom stereocenters. The van der Waals surface area contributed by atoms with Crippen LogP contribution in [0.5, 0.6) is 0 Å². The van der Waals surface area contributed by atoms with Crippen molar-refractivity contribution in [3.63, 3.8) is 0 Å². The number of hydrogen-bond acceptors (Lipinski definition) is 3. The maximum atomic E-state index is 5.33. The summed E-state index contributed by atoms with van der Waals surface area (Å²) in [6.45, 7) is 7.26. The normalized spacial score (nSPS) is 22.8. The minimum Gasteiger partial charge on any atom is -0.379 e. The molecule has 1 aliphatic rings. The first-order chi connectivity index (χ1) is 5.79. The zero-order valence-corrected chi connectivity index (χ0v) is 7.91. The van der Waals surface area contributed by atoms with E-state index in [1.54, 1.807) is 0 Å². The van der Waals surface area contributed by atoms with Crippen LogP contribution in [-0.2, 0) is 14.2 Å². The van der Waals surface area contributed by atoms with Gasteiger partial charge < -0.3 is 14.2 Å². The molecule has 1 fully saturated rings. The first kappa shape index (κ1) is 9.96. The average molecular weight is 174 g/mol. The van der Waals surface area contributed by atoms with Crippen molar-refractivity contribution < 1.29 is 14.2 Å². The molecule has 0 aromatic carbocycles. The third kappa shape index (κ3) is 4.04. The first-order valence-electron chi connectivity index (χ1n) is 4.60. The third-order valence-electron chi connectivity index (χ3n) is 1.64. The number of ether oxygens (including phenoxy) is 3. The first-order valence-corrected chi connectivity index (χ1v) is 4.60. The van der Waals surface area contributed by atoms with E-state index in [1.807, 2.05) is 0 Å². The summed E-state index contributed by atoms with van der Waals surface area (Å²) in [4.78, 5) is 0. The molecular formula is C9H18O3. The van der Waals surface area contributed by atoms with E-state index in [0.717, 1.165) is 19.6 Å². The molecule has 1 saturated heterocycles. The SMILES string of the molecule is CC(C)COCCOC1CCO1. The van der Waals surface area contributed by atoms with E-state index >= 15 is 0 Å². The van der Waals surface area contributed by atoms with E-state index in [9.17, 15) is 0 Å². The molecule has 0 radical (unpaired) electrons. The standard InChI is InChI=1S/C9H18O3/c1-8(2)7-10-5-6-12-9-3-4-11-9/h8-9H,3-7H2,1-2H3. The fourth-order valence-corrected chi connectivity index (χ4v) is 0.903. The monoisotopic (exact) mass is 174 g/mol. The van der Waals surface area contributed by atoms with Gasteiger partial charge in [0.25, 0.3) is 0 Å². The molecule has 0 bridgehead atoms. The van der Waals surface area contributed by atoms with Crippen molar-refractivity contribution in [3.05, 3.63) is 0 Å². The van der Waals surface area contributed by atoms with Crippen molar-refractivity contribution >= 4 is 0 Å². The van der Waals surface area contributed by atoms with E-state index in [-0.39, 0.29) is 6.29 Å². The number of rotatable bonds is 6. The largest absolute Gasteiger partial charge is 0.379 e. The quantitative estimate of drug-likeness (QED) is 0.570. The Morgan fingerprint density at radius 1 is 1.42 bits per heavy atom. The van der Waals surface area contributed by atoms with Crippen LogP contribution in [0.2, 0.25) is 0 Å². The summed E-state index contributed by atoms with van der Waals surface area (Å²) in [5, 5.41) is 0. The highest BCUT2D eigenvalue weighted by Crippen LogP contribution is 2.11. The molecule has 1 aliphatic heterocycles. The van der Waals surface area contributed by atoms with Crippen LogP contribution in [0.4, 0.5) is 0 Å². The Bertz CT molecular complexity index is 110. The highest BCUT2D eigenvalue weighted by molar-refractivity contribution is 4.54. The summed E-state index contributed by atoms with van der Waals surface area (Å²) >= 11 is 0. The Labute approximate surface area is 74.0 Å². The Kier molecular flexibility index (Phi) is 4.58. The third-order valence-corrected chi connectivity index (χ3v) is 1.64. The van der Waals surface area contributed by atoms with Crippen LogP contribution in [-0.4, -0.2) is 32.7 Å². The van der Waals surface area contributed by atoms with Crippen molar-refractivity contribution in [2.45, 2.75) is 26.6 Å². The van der Waals surface area contributed by atoms with Gasteiger partial charge in [0, 0.05) is 13.0 Å². The van der Waals surface area contributed by atoms with Gasteiger partial charge in [-0.05, 0) is 5.92 Å². The maximum Gasteiger partial charge on any atom is 0.159 e. The van der Waals surface area contributed by atoms with Gasteiger partial charge in [-0.25, -0.2) is 0 Å². The van der Waals surface area contributed by atoms with Gasteiger partial charge in [0.15, 0.2) is 6.29 Å². The summed E-state index contributed by atoms with van der Waals surface area (Å²) < 4.78 is 15.7. The molecular weight excluding hydrogens is 156 g/mol. The lowest BCUT2D eigenvalue weighted by Crippen LogP contribution is -2.30. The molecule has 0 amide bonds. The Hall–Kier alpha value is -0.120. The second-order valence-corrected chi connectivity index (χ2v) is 3.43. The average Bonchev–Trinajstić information content (AvgIpc) is 1.92. The molecule has 1 heterocycles. The predicted molar refractivity (Wildman–Crippen MR) is 46.0 cm³/mol. The van der Waals surface area contributed by atoms with E-state index < -0.39 is 0 Å². The van der Waals surface area contributed by atoms with E-state index in [1.165, 1.54) is 0 Å². The summed E-state index contributed by atoms with van der Waals surface area (Å²) in [5.41, 5.74) is 0. The lowest BCUT2D eigenvalue weighted by Gasteiger charge is -2.26. The van der Waals surface area contributed by atoms with Gasteiger partial charge in [-0.2, -0.15) is 0 Å². The van der Waals surface area contributed by atoms with Crippen LogP contribution < -0.4 is 0 Å². The minimum atomic E-state index is 0.0487. The van der Waals surface area contributed by atoms with Crippen molar-refractivity contribution in [2.24, 2.45) is 5.92 Å². The van der Waals surface area contributed by atoms with Gasteiger partial charge in [0.1, 0.15) is 0 Å². The smallest absolute Gasteiger partial charge is 0.159 e. The maximum absolute atomic E-state index is 5.33. The summed E-state index contributed by atoms with van der Waals surface area (Å²) in [6.07, 6.45) is 1.08. The Morgan fingerprint density at radius 3 is 2.67 bits per heavy atom. The zero-order chi connectivity index (χ0) is 8.81. The van der Waals surface area contributed by atoms with Crippen LogP contribution in [0.3, 0.4) is 0 Å². The molecule has 1 rings (SSSR count). The Balaban J connectivity index is 1.76. The topological polar surface area (TPSA) is 27.7 Å². The van der Waals surface area contributed by atoms with Crippen molar-refractivity contribution in [2.75, 3.05) is 26.4 Å². The molecule has 0 N–H and O–H groups in total. The van der Waals surface area contributed by atoms with Crippen molar-refractivity contribution in [3.8, 4) is 0 Å². The molecule has 0 aromatic heterocycles. The molecule has 72 valence electrons. The van der Waals surface area contributed by atoms with Crippen LogP contribution in [0.25, 0.3) is 0 Å². The van der Waals surface area contributed by atoms with Gasteiger partial charge in [-0.3, -0.25) is 0 Å². The second kappa shape index (κ2) is 5.51. The van der Waals surface area contributed by atoms with Crippen LogP contribution >= 0.6 is 0 Å². The van der Waals surface area contributed by atoms with Gasteiger partial charge >= 0.3 is 0 Å². The fourth-order valence-electron chi connectivity index (χ4n) is 0.903. The van der Waals surface area contributed by atoms with Gasteiger partial charge in [0.2, 0.25) is 0 Å². The van der Waals surface area contributed by atoms with Gasteiger partial charge in [-0.1, -0.05) is 13.8 Å². The molecule has 1 unspecified atom stereocenters.